The summed E-state index contributed by atoms with van der Waals surface area (Å²) >= 11 is 0. The van der Waals surface area contributed by atoms with E-state index in [-0.39, 0.29) is 84.6 Å². The lowest BCUT2D eigenvalue weighted by Crippen LogP contribution is -2.10. The minimum absolute atomic E-state index is 0.106. The molecule has 430 valence electrons. The fourth-order valence-electron chi connectivity index (χ4n) is 7.26. The number of halogens is 6. The van der Waals surface area contributed by atoms with Gasteiger partial charge in [-0.15, -0.1) is 0 Å². The summed E-state index contributed by atoms with van der Waals surface area (Å²) in [6.45, 7) is 0.805. The number of nitrogen functional groups attached to an aromatic ring is 2. The van der Waals surface area contributed by atoms with Gasteiger partial charge in [0.2, 0.25) is 0 Å². The van der Waals surface area contributed by atoms with Gasteiger partial charge in [0, 0.05) is 18.9 Å². The van der Waals surface area contributed by atoms with Crippen molar-refractivity contribution >= 4 is 47.4 Å². The number of anilines is 2. The molecule has 0 saturated carbocycles. The average Bonchev–Trinajstić information content (AvgIpc) is 3.42. The van der Waals surface area contributed by atoms with E-state index in [4.69, 9.17) is 49.4 Å². The van der Waals surface area contributed by atoms with Gasteiger partial charge in [-0.25, -0.2) is 19.2 Å². The Morgan fingerprint density at radius 2 is 0.875 bits per heavy atom. The first-order valence-corrected chi connectivity index (χ1v) is 25.9. The first-order valence-electron chi connectivity index (χ1n) is 25.9. The van der Waals surface area contributed by atoms with E-state index in [1.807, 2.05) is 0 Å². The van der Waals surface area contributed by atoms with Crippen molar-refractivity contribution in [1.29, 1.82) is 0 Å². The smallest absolute Gasteiger partial charge is 0.389 e. The summed E-state index contributed by atoms with van der Waals surface area (Å²) in [6.07, 6.45) is -0.258. The number of carbonyl (C=O) groups is 4. The Bertz CT molecular complexity index is 2750. The lowest BCUT2D eigenvalue weighted by Gasteiger charge is -2.13. The fourth-order valence-corrected chi connectivity index (χ4v) is 7.26. The van der Waals surface area contributed by atoms with Crippen LogP contribution in [0.25, 0.3) is 12.2 Å². The number of alkyl halides is 6. The lowest BCUT2D eigenvalue weighted by atomic mass is 10.1. The molecule has 0 heterocycles. The van der Waals surface area contributed by atoms with Gasteiger partial charge in [0.05, 0.1) is 67.7 Å². The SMILES string of the molecule is Nc1cc(C(=O)OCCCCCCOC(O)/C=C/c2ccc(OC(=O)c3ccc(OCCCC(F)(F)F)cc3)cc2)cc(N)c1OCCCCCCOC(=O)/C=C/c1ccc(OC(=O)c2ccc(OCCCC(F)(F)F)cc2)cc1. The molecule has 0 fully saturated rings. The Morgan fingerprint density at radius 1 is 0.463 bits per heavy atom. The predicted octanol–water partition coefficient (Wildman–Crippen LogP) is 12.7. The number of hydrogen-bond donors (Lipinski definition) is 3. The van der Waals surface area contributed by atoms with Crippen LogP contribution in [0.4, 0.5) is 37.7 Å². The maximum absolute atomic E-state index is 12.7. The number of esters is 4. The van der Waals surface area contributed by atoms with E-state index in [0.29, 0.717) is 56.0 Å². The summed E-state index contributed by atoms with van der Waals surface area (Å²) in [5.74, 6) is -0.861. The zero-order valence-corrected chi connectivity index (χ0v) is 43.8. The van der Waals surface area contributed by atoms with E-state index in [1.54, 1.807) is 60.7 Å². The van der Waals surface area contributed by atoms with Gasteiger partial charge >= 0.3 is 36.2 Å². The molecule has 5 N–H and O–H groups in total. The van der Waals surface area contributed by atoms with Crippen LogP contribution in [0.5, 0.6) is 28.7 Å². The van der Waals surface area contributed by atoms with Crippen molar-refractivity contribution in [3.63, 3.8) is 0 Å². The van der Waals surface area contributed by atoms with Crippen molar-refractivity contribution in [2.45, 2.75) is 95.7 Å². The Labute approximate surface area is 459 Å². The molecular formula is C59H64F6N2O13. The predicted molar refractivity (Wildman–Crippen MR) is 286 cm³/mol. The molecular weight excluding hydrogens is 1060 g/mol. The molecule has 0 aliphatic carbocycles. The Kier molecular flexibility index (Phi) is 25.7. The first-order chi connectivity index (χ1) is 38.3. The number of ether oxygens (including phenoxy) is 8. The second-order valence-corrected chi connectivity index (χ2v) is 18.0. The van der Waals surface area contributed by atoms with Gasteiger partial charge in [0.25, 0.3) is 0 Å². The van der Waals surface area contributed by atoms with E-state index in [0.717, 1.165) is 31.2 Å². The summed E-state index contributed by atoms with van der Waals surface area (Å²) in [5.41, 5.74) is 14.8. The highest BCUT2D eigenvalue weighted by molar-refractivity contribution is 5.94. The van der Waals surface area contributed by atoms with Crippen LogP contribution in [0.15, 0.2) is 121 Å². The van der Waals surface area contributed by atoms with Crippen LogP contribution in [0.2, 0.25) is 0 Å². The zero-order chi connectivity index (χ0) is 57.8. The molecule has 1 unspecified atom stereocenters. The molecule has 0 spiro atoms. The molecule has 0 radical (unpaired) electrons. The molecule has 0 amide bonds. The van der Waals surface area contributed by atoms with Gasteiger partial charge in [-0.1, -0.05) is 36.8 Å². The number of benzene rings is 5. The molecule has 5 rings (SSSR count). The normalized spacial score (nSPS) is 12.0. The van der Waals surface area contributed by atoms with Gasteiger partial charge in [-0.3, -0.25) is 0 Å². The number of aliphatic hydroxyl groups excluding tert-OH is 1. The molecule has 1 atom stereocenters. The maximum Gasteiger partial charge on any atom is 0.389 e. The lowest BCUT2D eigenvalue weighted by molar-refractivity contribution is -0.138. The third kappa shape index (κ3) is 24.7. The molecule has 80 heavy (non-hydrogen) atoms. The first kappa shape index (κ1) is 62.8. The minimum atomic E-state index is -4.25. The summed E-state index contributed by atoms with van der Waals surface area (Å²) in [6, 6.07) is 27.6. The minimum Gasteiger partial charge on any atom is -0.494 e. The van der Waals surface area contributed by atoms with Crippen LogP contribution in [-0.2, 0) is 19.0 Å². The molecule has 15 nitrogen and oxygen atoms in total. The number of carbonyl (C=O) groups excluding carboxylic acids is 4. The molecule has 0 aliphatic rings. The zero-order valence-electron chi connectivity index (χ0n) is 43.8. The van der Waals surface area contributed by atoms with Crippen LogP contribution in [0, 0.1) is 0 Å². The van der Waals surface area contributed by atoms with Crippen molar-refractivity contribution in [2.75, 3.05) is 51.1 Å². The van der Waals surface area contributed by atoms with Gasteiger partial charge in [0.1, 0.15) is 23.0 Å². The second kappa shape index (κ2) is 32.8. The summed E-state index contributed by atoms with van der Waals surface area (Å²) in [4.78, 5) is 50.0. The second-order valence-electron chi connectivity index (χ2n) is 18.0. The fraction of sp³-hybridized carbons (Fsp3) is 0.356. The van der Waals surface area contributed by atoms with Crippen molar-refractivity contribution in [2.24, 2.45) is 0 Å². The molecule has 5 aromatic carbocycles. The van der Waals surface area contributed by atoms with Gasteiger partial charge in [-0.2, -0.15) is 26.3 Å². The standard InChI is InChI=1S/C59H64F6N2O13/c60-58(61,62)31-9-37-73-46-25-17-43(18-26-46)56(71)79-48-21-11-41(12-22-48)15-29-52(68)75-33-5-1-3-7-35-77-54-50(66)39-45(40-51(54)67)55(70)78-36-8-4-2-6-34-76-53(69)30-16-42-13-23-49(24-14-42)80-57(72)44-19-27-47(28-20-44)74-38-10-32-59(63,64)65/h11-30,39-40,53,69H,1-10,31-38,66-67H2/b29-15+,30-16+. The topological polar surface area (TPSA) is 214 Å². The van der Waals surface area contributed by atoms with Crippen molar-refractivity contribution in [1.82, 2.24) is 0 Å². The van der Waals surface area contributed by atoms with Crippen molar-refractivity contribution in [3.8, 4) is 28.7 Å². The summed E-state index contributed by atoms with van der Waals surface area (Å²) in [7, 11) is 0. The van der Waals surface area contributed by atoms with Crippen molar-refractivity contribution < 1.29 is 88.5 Å². The highest BCUT2D eigenvalue weighted by Crippen LogP contribution is 2.32. The van der Waals surface area contributed by atoms with Crippen LogP contribution >= 0.6 is 0 Å². The van der Waals surface area contributed by atoms with E-state index in [1.165, 1.54) is 72.8 Å². The third-order valence-electron chi connectivity index (χ3n) is 11.4. The van der Waals surface area contributed by atoms with Gasteiger partial charge in [0.15, 0.2) is 12.0 Å². The van der Waals surface area contributed by atoms with E-state index < -0.39 is 55.4 Å². The average molecular weight is 1120 g/mol. The molecule has 0 saturated heterocycles. The van der Waals surface area contributed by atoms with E-state index >= 15 is 0 Å². The van der Waals surface area contributed by atoms with Crippen LogP contribution in [0.1, 0.15) is 119 Å². The van der Waals surface area contributed by atoms with Crippen LogP contribution in [-0.4, -0.2) is 87.3 Å². The summed E-state index contributed by atoms with van der Waals surface area (Å²) < 4.78 is 117. The molecule has 21 heteroatoms. The van der Waals surface area contributed by atoms with Gasteiger partial charge in [-0.05, 0) is 166 Å². The molecule has 5 aromatic rings. The molecule has 0 aliphatic heterocycles. The highest BCUT2D eigenvalue weighted by Gasteiger charge is 2.27. The largest absolute Gasteiger partial charge is 0.494 e. The monoisotopic (exact) mass is 1120 g/mol. The Morgan fingerprint density at radius 3 is 1.35 bits per heavy atom. The molecule has 0 aromatic heterocycles. The van der Waals surface area contributed by atoms with Crippen LogP contribution < -0.4 is 35.2 Å². The number of unbranched alkanes of at least 4 members (excludes halogenated alkanes) is 6. The summed E-state index contributed by atoms with van der Waals surface area (Å²) in [5, 5.41) is 10.2. The number of nitrogens with two attached hydrogens (primary N) is 2. The Balaban J connectivity index is 0.853. The van der Waals surface area contributed by atoms with Gasteiger partial charge < -0.3 is 54.5 Å². The van der Waals surface area contributed by atoms with E-state index in [2.05, 4.69) is 0 Å². The number of aliphatic hydroxyl groups is 1. The maximum atomic E-state index is 12.7. The number of hydrogen-bond acceptors (Lipinski definition) is 15. The number of rotatable bonds is 33. The molecule has 0 bridgehead atoms. The highest BCUT2D eigenvalue weighted by atomic mass is 19.4. The van der Waals surface area contributed by atoms with Crippen LogP contribution in [0.3, 0.4) is 0 Å². The third-order valence-corrected chi connectivity index (χ3v) is 11.4. The van der Waals surface area contributed by atoms with Crippen molar-refractivity contribution in [3.05, 3.63) is 149 Å². The van der Waals surface area contributed by atoms with E-state index in [9.17, 15) is 50.6 Å². The Hall–Kier alpha value is -8.04. The quantitative estimate of drug-likeness (QED) is 0.00678.